The van der Waals surface area contributed by atoms with Crippen LogP contribution in [0.25, 0.3) is 21.9 Å². The van der Waals surface area contributed by atoms with Gasteiger partial charge in [-0.25, -0.2) is 13.2 Å². The van der Waals surface area contributed by atoms with Crippen molar-refractivity contribution in [3.8, 4) is 16.9 Å². The Kier molecular flexibility index (Phi) is 7.01. The number of methoxy groups -OCH3 is 1. The van der Waals surface area contributed by atoms with Gasteiger partial charge in [-0.1, -0.05) is 51.0 Å². The molecule has 3 rings (SSSR count). The summed E-state index contributed by atoms with van der Waals surface area (Å²) in [6, 6.07) is 7.86. The molecule has 0 radical (unpaired) electrons. The van der Waals surface area contributed by atoms with Gasteiger partial charge in [0.05, 0.1) is 7.11 Å². The number of fused-ring (bicyclic) bond motifs is 1. The van der Waals surface area contributed by atoms with Gasteiger partial charge in [-0.05, 0) is 48.3 Å². The van der Waals surface area contributed by atoms with Crippen LogP contribution < -0.4 is 4.74 Å². The molecule has 0 aliphatic rings. The molecule has 0 aliphatic heterocycles. The topological polar surface area (TPSA) is 9.23 Å². The van der Waals surface area contributed by atoms with Crippen molar-refractivity contribution in [1.29, 1.82) is 0 Å². The van der Waals surface area contributed by atoms with E-state index in [0.29, 0.717) is 23.8 Å². The molecule has 1 nitrogen and oxygen atoms in total. The van der Waals surface area contributed by atoms with Crippen LogP contribution in [-0.2, 0) is 12.8 Å². The van der Waals surface area contributed by atoms with Gasteiger partial charge in [0.2, 0.25) is 5.82 Å². The summed E-state index contributed by atoms with van der Waals surface area (Å²) in [5.41, 5.74) is 1.10. The van der Waals surface area contributed by atoms with Crippen molar-refractivity contribution < 1.29 is 22.3 Å². The molecular formula is C25H26F4O. The molecular weight excluding hydrogens is 392 g/mol. The predicted molar refractivity (Wildman–Crippen MR) is 113 cm³/mol. The van der Waals surface area contributed by atoms with Crippen LogP contribution >= 0.6 is 0 Å². The first kappa shape index (κ1) is 22.1. The highest BCUT2D eigenvalue weighted by Crippen LogP contribution is 2.41. The molecule has 0 fully saturated rings. The normalized spacial score (nSPS) is 11.3. The van der Waals surface area contributed by atoms with Crippen molar-refractivity contribution >= 4 is 10.8 Å². The molecule has 0 aromatic heterocycles. The Balaban J connectivity index is 2.43. The molecule has 0 amide bonds. The van der Waals surface area contributed by atoms with Gasteiger partial charge < -0.3 is 4.74 Å². The highest BCUT2D eigenvalue weighted by Gasteiger charge is 2.27. The number of aryl methyl sites for hydroxylation is 1. The average molecular weight is 418 g/mol. The Morgan fingerprint density at radius 1 is 0.767 bits per heavy atom. The van der Waals surface area contributed by atoms with Gasteiger partial charge in [0.1, 0.15) is 5.82 Å². The summed E-state index contributed by atoms with van der Waals surface area (Å²) >= 11 is 0. The number of unbranched alkanes of at least 4 members (excludes halogenated alkanes) is 2. The predicted octanol–water partition coefficient (Wildman–Crippen LogP) is 7.76. The van der Waals surface area contributed by atoms with Crippen LogP contribution in [0.4, 0.5) is 17.6 Å². The van der Waals surface area contributed by atoms with Gasteiger partial charge in [-0.3, -0.25) is 0 Å². The first-order chi connectivity index (χ1) is 14.5. The molecule has 0 atom stereocenters. The van der Waals surface area contributed by atoms with Crippen LogP contribution in [0.15, 0.2) is 30.3 Å². The van der Waals surface area contributed by atoms with E-state index in [1.165, 1.54) is 0 Å². The molecule has 0 saturated carbocycles. The fraction of sp³-hybridized carbons (Fsp3) is 0.360. The monoisotopic (exact) mass is 418 g/mol. The zero-order chi connectivity index (χ0) is 21.8. The van der Waals surface area contributed by atoms with Gasteiger partial charge in [-0.15, -0.1) is 0 Å². The van der Waals surface area contributed by atoms with Crippen molar-refractivity contribution in [3.63, 3.8) is 0 Å². The Morgan fingerprint density at radius 2 is 1.37 bits per heavy atom. The zero-order valence-electron chi connectivity index (χ0n) is 17.5. The number of hydrogen-bond donors (Lipinski definition) is 0. The lowest BCUT2D eigenvalue weighted by Gasteiger charge is -2.21. The molecule has 3 aromatic rings. The number of halogens is 4. The quantitative estimate of drug-likeness (QED) is 0.268. The lowest BCUT2D eigenvalue weighted by Crippen LogP contribution is -2.06. The molecule has 160 valence electrons. The standard InChI is InChI=1S/C25H26F4O/c1-4-6-10-15-16-12-8-9-13-18(16)22(27)21(17(15)11-7-5-2)19-14-20(26)25(30-3)24(29)23(19)28/h8-9,12-14H,4-7,10-11H2,1-3H3. The second-order valence-corrected chi connectivity index (χ2v) is 7.47. The minimum Gasteiger partial charge on any atom is -0.491 e. The minimum absolute atomic E-state index is 0.0498. The van der Waals surface area contributed by atoms with Crippen LogP contribution in [0.3, 0.4) is 0 Å². The summed E-state index contributed by atoms with van der Waals surface area (Å²) in [5, 5.41) is 1.10. The van der Waals surface area contributed by atoms with Gasteiger partial charge in [-0.2, -0.15) is 4.39 Å². The van der Waals surface area contributed by atoms with E-state index in [0.717, 1.165) is 49.8 Å². The second kappa shape index (κ2) is 9.50. The molecule has 0 spiro atoms. The maximum atomic E-state index is 15.7. The van der Waals surface area contributed by atoms with E-state index in [4.69, 9.17) is 0 Å². The average Bonchev–Trinajstić information content (AvgIpc) is 2.75. The molecule has 0 bridgehead atoms. The lowest BCUT2D eigenvalue weighted by molar-refractivity contribution is 0.347. The highest BCUT2D eigenvalue weighted by molar-refractivity contribution is 5.93. The molecule has 0 heterocycles. The summed E-state index contributed by atoms with van der Waals surface area (Å²) in [6.07, 6.45) is 4.62. The zero-order valence-corrected chi connectivity index (χ0v) is 17.5. The molecule has 0 unspecified atom stereocenters. The van der Waals surface area contributed by atoms with E-state index in [9.17, 15) is 13.2 Å². The maximum absolute atomic E-state index is 15.7. The van der Waals surface area contributed by atoms with Gasteiger partial charge in [0, 0.05) is 16.5 Å². The Bertz CT molecular complexity index is 1060. The summed E-state index contributed by atoms with van der Waals surface area (Å²) in [6.45, 7) is 4.07. The fourth-order valence-electron chi connectivity index (χ4n) is 4.02. The number of benzene rings is 3. The number of rotatable bonds is 8. The van der Waals surface area contributed by atoms with Crippen LogP contribution in [-0.4, -0.2) is 7.11 Å². The SMILES string of the molecule is CCCCc1c(-c2cc(F)c(OC)c(F)c2F)c(F)c2ccccc2c1CCCC. The fourth-order valence-corrected chi connectivity index (χ4v) is 4.02. The minimum atomic E-state index is -1.45. The van der Waals surface area contributed by atoms with Crippen LogP contribution in [0, 0.1) is 23.3 Å². The van der Waals surface area contributed by atoms with Crippen molar-refractivity contribution in [3.05, 3.63) is 64.7 Å². The molecule has 0 saturated heterocycles. The molecule has 3 aromatic carbocycles. The van der Waals surface area contributed by atoms with E-state index in [-0.39, 0.29) is 5.56 Å². The largest absolute Gasteiger partial charge is 0.491 e. The third-order valence-electron chi connectivity index (χ3n) is 5.52. The number of hydrogen-bond acceptors (Lipinski definition) is 1. The van der Waals surface area contributed by atoms with Crippen molar-refractivity contribution in [1.82, 2.24) is 0 Å². The summed E-state index contributed by atoms with van der Waals surface area (Å²) in [7, 11) is 1.06. The third-order valence-corrected chi connectivity index (χ3v) is 5.52. The smallest absolute Gasteiger partial charge is 0.204 e. The van der Waals surface area contributed by atoms with Gasteiger partial charge >= 0.3 is 0 Å². The third kappa shape index (κ3) is 3.90. The van der Waals surface area contributed by atoms with Crippen molar-refractivity contribution in [2.24, 2.45) is 0 Å². The summed E-state index contributed by atoms with van der Waals surface area (Å²) in [5.74, 6) is -5.27. The van der Waals surface area contributed by atoms with Crippen LogP contribution in [0.5, 0.6) is 5.75 Å². The molecule has 5 heteroatoms. The van der Waals surface area contributed by atoms with E-state index in [2.05, 4.69) is 11.7 Å². The summed E-state index contributed by atoms with van der Waals surface area (Å²) < 4.78 is 64.3. The maximum Gasteiger partial charge on any atom is 0.204 e. The first-order valence-electron chi connectivity index (χ1n) is 10.4. The summed E-state index contributed by atoms with van der Waals surface area (Å²) in [4.78, 5) is 0. The second-order valence-electron chi connectivity index (χ2n) is 7.47. The van der Waals surface area contributed by atoms with Crippen LogP contribution in [0.2, 0.25) is 0 Å². The van der Waals surface area contributed by atoms with E-state index in [1.54, 1.807) is 12.1 Å². The molecule has 0 aliphatic carbocycles. The van der Waals surface area contributed by atoms with Crippen molar-refractivity contribution in [2.45, 2.75) is 52.4 Å². The number of ether oxygens (including phenoxy) is 1. The van der Waals surface area contributed by atoms with E-state index in [1.807, 2.05) is 19.1 Å². The van der Waals surface area contributed by atoms with Gasteiger partial charge in [0.25, 0.3) is 0 Å². The highest BCUT2D eigenvalue weighted by atomic mass is 19.2. The lowest BCUT2D eigenvalue weighted by atomic mass is 9.85. The van der Waals surface area contributed by atoms with Crippen molar-refractivity contribution in [2.75, 3.05) is 7.11 Å². The van der Waals surface area contributed by atoms with E-state index >= 15 is 4.39 Å². The van der Waals surface area contributed by atoms with Crippen LogP contribution in [0.1, 0.15) is 50.7 Å². The van der Waals surface area contributed by atoms with Gasteiger partial charge in [0.15, 0.2) is 17.4 Å². The Hall–Kier alpha value is -2.56. The Morgan fingerprint density at radius 3 is 1.97 bits per heavy atom. The van der Waals surface area contributed by atoms with E-state index < -0.39 is 34.6 Å². The molecule has 0 N–H and O–H groups in total. The first-order valence-corrected chi connectivity index (χ1v) is 10.4. The molecule has 30 heavy (non-hydrogen) atoms. The Labute approximate surface area is 174 Å².